The fourth-order valence-electron chi connectivity index (χ4n) is 2.49. The topological polar surface area (TPSA) is 44.4 Å². The maximum Gasteiger partial charge on any atom is 0.237 e. The van der Waals surface area contributed by atoms with E-state index >= 15 is 0 Å². The predicted molar refractivity (Wildman–Crippen MR) is 74.2 cm³/mol. The number of hydrogen-bond acceptors (Lipinski definition) is 3. The number of nitrogens with zero attached hydrogens (tertiary/aromatic N) is 1. The van der Waals surface area contributed by atoms with Gasteiger partial charge in [0.1, 0.15) is 0 Å². The lowest BCUT2D eigenvalue weighted by atomic mass is 10.2. The molecule has 1 unspecified atom stereocenters. The molecule has 0 aromatic heterocycles. The molecule has 102 valence electrons. The number of halogens is 2. The van der Waals surface area contributed by atoms with Gasteiger partial charge in [0.2, 0.25) is 5.91 Å². The zero-order valence-corrected chi connectivity index (χ0v) is 11.9. The van der Waals surface area contributed by atoms with Crippen LogP contribution in [0, 0.1) is 0 Å². The van der Waals surface area contributed by atoms with Crippen molar-refractivity contribution in [1.29, 1.82) is 0 Å². The van der Waals surface area contributed by atoms with Crippen molar-refractivity contribution in [3.63, 3.8) is 0 Å². The van der Waals surface area contributed by atoms with Gasteiger partial charge < -0.3 is 15.5 Å². The summed E-state index contributed by atoms with van der Waals surface area (Å²) in [6, 6.07) is 0.618. The number of likely N-dealkylation sites (tertiary alicyclic amines) is 1. The highest BCUT2D eigenvalue weighted by molar-refractivity contribution is 5.85. The third-order valence-corrected chi connectivity index (χ3v) is 3.56. The number of hydrogen-bond donors (Lipinski definition) is 2. The molecule has 0 bridgehead atoms. The fourth-order valence-corrected chi connectivity index (χ4v) is 2.49. The summed E-state index contributed by atoms with van der Waals surface area (Å²) in [6.07, 6.45) is 4.60. The van der Waals surface area contributed by atoms with E-state index in [9.17, 15) is 4.79 Å². The Morgan fingerprint density at radius 1 is 1.35 bits per heavy atom. The van der Waals surface area contributed by atoms with Crippen molar-refractivity contribution in [3.8, 4) is 0 Å². The SMILES string of the molecule is CN1CCCC1CNC(=O)[C@@H]1CCCN1.Cl.Cl. The standard InChI is InChI=1S/C11H21N3O.2ClH/c1-14-7-3-4-9(14)8-13-11(15)10-5-2-6-12-10;;/h9-10,12H,2-8H2,1H3,(H,13,15);2*1H/t9?,10-;;/m0../s1. The molecule has 4 nitrogen and oxygen atoms in total. The summed E-state index contributed by atoms with van der Waals surface area (Å²) in [6.45, 7) is 2.97. The van der Waals surface area contributed by atoms with Gasteiger partial charge in [-0.1, -0.05) is 0 Å². The van der Waals surface area contributed by atoms with Crippen LogP contribution in [0.4, 0.5) is 0 Å². The second-order valence-electron chi connectivity index (χ2n) is 4.67. The van der Waals surface area contributed by atoms with Crippen LogP contribution in [0.5, 0.6) is 0 Å². The molecule has 6 heteroatoms. The molecule has 2 heterocycles. The highest BCUT2D eigenvalue weighted by atomic mass is 35.5. The maximum atomic E-state index is 11.7. The van der Waals surface area contributed by atoms with Gasteiger partial charge in [0.05, 0.1) is 6.04 Å². The van der Waals surface area contributed by atoms with Gasteiger partial charge in [0.25, 0.3) is 0 Å². The lowest BCUT2D eigenvalue weighted by Gasteiger charge is -2.20. The first-order chi connectivity index (χ1) is 7.27. The zero-order valence-electron chi connectivity index (χ0n) is 10.3. The predicted octanol–water partition coefficient (Wildman–Crippen LogP) is 0.792. The third-order valence-electron chi connectivity index (χ3n) is 3.56. The Morgan fingerprint density at radius 3 is 2.65 bits per heavy atom. The first kappa shape index (κ1) is 17.0. The van der Waals surface area contributed by atoms with E-state index in [0.29, 0.717) is 6.04 Å². The number of rotatable bonds is 3. The average Bonchev–Trinajstić information content (AvgIpc) is 2.85. The minimum Gasteiger partial charge on any atom is -0.353 e. The molecule has 0 aromatic carbocycles. The molecule has 17 heavy (non-hydrogen) atoms. The van der Waals surface area contributed by atoms with Gasteiger partial charge in [0.15, 0.2) is 0 Å². The highest BCUT2D eigenvalue weighted by Gasteiger charge is 2.25. The van der Waals surface area contributed by atoms with E-state index < -0.39 is 0 Å². The largest absolute Gasteiger partial charge is 0.353 e. The number of nitrogens with one attached hydrogen (secondary N) is 2. The third kappa shape index (κ3) is 4.62. The molecule has 2 N–H and O–H groups in total. The number of carbonyl (C=O) groups is 1. The molecule has 0 saturated carbocycles. The summed E-state index contributed by atoms with van der Waals surface area (Å²) in [4.78, 5) is 14.1. The summed E-state index contributed by atoms with van der Waals surface area (Å²) < 4.78 is 0. The molecule has 2 aliphatic heterocycles. The summed E-state index contributed by atoms with van der Waals surface area (Å²) in [5.74, 6) is 0.188. The second-order valence-corrected chi connectivity index (χ2v) is 4.67. The minimum atomic E-state index is 0. The Morgan fingerprint density at radius 2 is 2.12 bits per heavy atom. The van der Waals surface area contributed by atoms with Crippen LogP contribution in [0.25, 0.3) is 0 Å². The van der Waals surface area contributed by atoms with E-state index in [0.717, 1.165) is 25.9 Å². The van der Waals surface area contributed by atoms with Crippen LogP contribution in [0.15, 0.2) is 0 Å². The van der Waals surface area contributed by atoms with Crippen molar-refractivity contribution in [2.24, 2.45) is 0 Å². The number of carbonyl (C=O) groups excluding carboxylic acids is 1. The fraction of sp³-hybridized carbons (Fsp3) is 0.909. The lowest BCUT2D eigenvalue weighted by Crippen LogP contribution is -2.45. The van der Waals surface area contributed by atoms with Crippen LogP contribution in [-0.4, -0.2) is 49.6 Å². The molecule has 0 aliphatic carbocycles. The summed E-state index contributed by atoms with van der Waals surface area (Å²) in [5.41, 5.74) is 0. The van der Waals surface area contributed by atoms with Crippen LogP contribution in [0.2, 0.25) is 0 Å². The maximum absolute atomic E-state index is 11.7. The molecule has 0 spiro atoms. The molecule has 0 aromatic rings. The van der Waals surface area contributed by atoms with Gasteiger partial charge in [-0.25, -0.2) is 0 Å². The molecular weight excluding hydrogens is 261 g/mol. The van der Waals surface area contributed by atoms with Gasteiger partial charge in [-0.2, -0.15) is 0 Å². The molecule has 0 radical (unpaired) electrons. The summed E-state index contributed by atoms with van der Waals surface area (Å²) in [5, 5.41) is 6.27. The van der Waals surface area contributed by atoms with Crippen LogP contribution in [0.1, 0.15) is 25.7 Å². The normalized spacial score (nSPS) is 28.3. The Kier molecular flexibility index (Phi) is 8.12. The van der Waals surface area contributed by atoms with Crippen molar-refractivity contribution in [3.05, 3.63) is 0 Å². The average molecular weight is 284 g/mol. The Hall–Kier alpha value is -0.0300. The Bertz CT molecular complexity index is 235. The summed E-state index contributed by atoms with van der Waals surface area (Å²) in [7, 11) is 2.14. The Balaban J connectivity index is 0.00000128. The molecule has 1 amide bonds. The van der Waals surface area contributed by atoms with Crippen LogP contribution >= 0.6 is 24.8 Å². The van der Waals surface area contributed by atoms with Crippen LogP contribution in [-0.2, 0) is 4.79 Å². The lowest BCUT2D eigenvalue weighted by molar-refractivity contribution is -0.122. The smallest absolute Gasteiger partial charge is 0.237 e. The first-order valence-electron chi connectivity index (χ1n) is 5.98. The highest BCUT2D eigenvalue weighted by Crippen LogP contribution is 2.13. The van der Waals surface area contributed by atoms with E-state index in [1.165, 1.54) is 19.4 Å². The van der Waals surface area contributed by atoms with E-state index in [1.807, 2.05) is 0 Å². The van der Waals surface area contributed by atoms with Gasteiger partial charge in [-0.15, -0.1) is 24.8 Å². The molecule has 2 saturated heterocycles. The van der Waals surface area contributed by atoms with Gasteiger partial charge in [-0.05, 0) is 45.8 Å². The zero-order chi connectivity index (χ0) is 10.7. The van der Waals surface area contributed by atoms with Crippen molar-refractivity contribution in [2.75, 3.05) is 26.7 Å². The number of likely N-dealkylation sites (N-methyl/N-ethyl adjacent to an activating group) is 1. The summed E-state index contributed by atoms with van der Waals surface area (Å²) >= 11 is 0. The molecule has 2 fully saturated rings. The van der Waals surface area contributed by atoms with E-state index in [4.69, 9.17) is 0 Å². The van der Waals surface area contributed by atoms with E-state index in [-0.39, 0.29) is 36.8 Å². The second kappa shape index (κ2) is 8.14. The van der Waals surface area contributed by atoms with Crippen molar-refractivity contribution >= 4 is 30.7 Å². The van der Waals surface area contributed by atoms with Crippen molar-refractivity contribution in [2.45, 2.75) is 37.8 Å². The molecule has 2 atom stereocenters. The number of amides is 1. The van der Waals surface area contributed by atoms with Crippen molar-refractivity contribution in [1.82, 2.24) is 15.5 Å². The quantitative estimate of drug-likeness (QED) is 0.805. The van der Waals surface area contributed by atoms with Crippen LogP contribution < -0.4 is 10.6 Å². The molecular formula is C11H23Cl2N3O. The van der Waals surface area contributed by atoms with E-state index in [2.05, 4.69) is 22.6 Å². The van der Waals surface area contributed by atoms with Gasteiger partial charge in [-0.3, -0.25) is 4.79 Å². The minimum absolute atomic E-state index is 0. The van der Waals surface area contributed by atoms with Gasteiger partial charge in [0, 0.05) is 12.6 Å². The van der Waals surface area contributed by atoms with Crippen molar-refractivity contribution < 1.29 is 4.79 Å². The van der Waals surface area contributed by atoms with E-state index in [1.54, 1.807) is 0 Å². The van der Waals surface area contributed by atoms with Gasteiger partial charge >= 0.3 is 0 Å². The molecule has 2 rings (SSSR count). The molecule has 2 aliphatic rings. The first-order valence-corrected chi connectivity index (χ1v) is 5.98. The monoisotopic (exact) mass is 283 g/mol. The Labute approximate surface area is 116 Å². The van der Waals surface area contributed by atoms with Crippen LogP contribution in [0.3, 0.4) is 0 Å².